The number of aromatic nitrogens is 3. The Morgan fingerprint density at radius 3 is 2.68 bits per heavy atom. The summed E-state index contributed by atoms with van der Waals surface area (Å²) in [6.07, 6.45) is 1.36. The highest BCUT2D eigenvalue weighted by molar-refractivity contribution is 6.32. The fourth-order valence-corrected chi connectivity index (χ4v) is 3.56. The van der Waals surface area contributed by atoms with E-state index in [4.69, 9.17) is 23.2 Å². The van der Waals surface area contributed by atoms with Crippen LogP contribution < -0.4 is 11.0 Å². The van der Waals surface area contributed by atoms with Crippen molar-refractivity contribution >= 4 is 34.1 Å². The number of rotatable bonds is 4. The van der Waals surface area contributed by atoms with Crippen LogP contribution in [0, 0.1) is 6.57 Å². The first-order chi connectivity index (χ1) is 13.6. The number of nitrogens with zero attached hydrogens (tertiary/aromatic N) is 4. The van der Waals surface area contributed by atoms with Gasteiger partial charge in [0.1, 0.15) is 17.6 Å². The summed E-state index contributed by atoms with van der Waals surface area (Å²) >= 11 is 6.33. The summed E-state index contributed by atoms with van der Waals surface area (Å²) < 4.78 is 14.8. The molecule has 28 heavy (non-hydrogen) atoms. The molecule has 2 fully saturated rings. The van der Waals surface area contributed by atoms with E-state index in [1.165, 1.54) is 4.57 Å². The molecule has 2 aromatic heterocycles. The van der Waals surface area contributed by atoms with Crippen molar-refractivity contribution in [1.29, 1.82) is 0 Å². The summed E-state index contributed by atoms with van der Waals surface area (Å²) in [6.45, 7) is 7.53. The highest BCUT2D eigenvalue weighted by Crippen LogP contribution is 2.45. The van der Waals surface area contributed by atoms with Gasteiger partial charge in [-0.2, -0.15) is 4.98 Å². The van der Waals surface area contributed by atoms with E-state index < -0.39 is 11.9 Å². The summed E-state index contributed by atoms with van der Waals surface area (Å²) in [5, 5.41) is 3.88. The van der Waals surface area contributed by atoms with Crippen molar-refractivity contribution in [2.45, 2.75) is 37.4 Å². The van der Waals surface area contributed by atoms with Crippen LogP contribution in [0.15, 0.2) is 35.1 Å². The van der Waals surface area contributed by atoms with Gasteiger partial charge in [0.25, 0.3) is 0 Å². The standard InChI is InChI=1S/C20H15ClFN5O/c1-23-15-8-11-18(24-14-9-13(14)22)26-20(28)27(16-5-3-2-4-12(16)21)19(11)25-17(15)10-6-7-10/h2-5,8,10,13-14H,6-7,9H2,(H,24,26,28)/t13-,14+/m1/s1. The molecule has 0 bridgehead atoms. The molecule has 140 valence electrons. The molecule has 0 spiro atoms. The maximum absolute atomic E-state index is 13.4. The number of anilines is 1. The second kappa shape index (κ2) is 6.28. The van der Waals surface area contributed by atoms with E-state index in [-0.39, 0.29) is 17.8 Å². The first kappa shape index (κ1) is 17.1. The molecule has 0 radical (unpaired) electrons. The molecule has 5 rings (SSSR count). The summed E-state index contributed by atoms with van der Waals surface area (Å²) in [5.41, 5.74) is 1.43. The molecule has 0 aliphatic heterocycles. The molecule has 6 nitrogen and oxygen atoms in total. The van der Waals surface area contributed by atoms with Crippen LogP contribution in [0.3, 0.4) is 0 Å². The van der Waals surface area contributed by atoms with Gasteiger partial charge in [-0.3, -0.25) is 0 Å². The quantitative estimate of drug-likeness (QED) is 0.666. The molecular weight excluding hydrogens is 381 g/mol. The van der Waals surface area contributed by atoms with Crippen molar-refractivity contribution in [2.75, 3.05) is 5.32 Å². The third kappa shape index (κ3) is 2.81. The molecule has 1 aromatic carbocycles. The van der Waals surface area contributed by atoms with E-state index >= 15 is 0 Å². The van der Waals surface area contributed by atoms with Crippen LogP contribution in [0.1, 0.15) is 30.9 Å². The Bertz CT molecular complexity index is 1210. The van der Waals surface area contributed by atoms with Gasteiger partial charge < -0.3 is 5.32 Å². The third-order valence-corrected chi connectivity index (χ3v) is 5.41. The monoisotopic (exact) mass is 395 g/mol. The SMILES string of the molecule is [C-]#[N+]c1cc2c(N[C@H]3C[C@H]3F)nc(=O)n(-c3ccccc3Cl)c2nc1C1CC1. The van der Waals surface area contributed by atoms with Gasteiger partial charge >= 0.3 is 5.69 Å². The lowest BCUT2D eigenvalue weighted by Crippen LogP contribution is -2.25. The average molecular weight is 396 g/mol. The van der Waals surface area contributed by atoms with Crippen molar-refractivity contribution in [2.24, 2.45) is 0 Å². The molecule has 2 atom stereocenters. The number of nitrogens with one attached hydrogen (secondary N) is 1. The van der Waals surface area contributed by atoms with Crippen molar-refractivity contribution in [3.8, 4) is 5.69 Å². The average Bonchev–Trinajstić information content (AvgIpc) is 3.60. The number of alkyl halides is 1. The summed E-state index contributed by atoms with van der Waals surface area (Å²) in [5.74, 6) is 0.486. The Labute approximate surface area is 164 Å². The van der Waals surface area contributed by atoms with Gasteiger partial charge in [0.2, 0.25) is 5.69 Å². The van der Waals surface area contributed by atoms with Gasteiger partial charge in [-0.15, -0.1) is 0 Å². The van der Waals surface area contributed by atoms with Gasteiger partial charge in [0.15, 0.2) is 0 Å². The highest BCUT2D eigenvalue weighted by atomic mass is 35.5. The van der Waals surface area contributed by atoms with Crippen molar-refractivity contribution in [3.05, 3.63) is 62.9 Å². The van der Waals surface area contributed by atoms with Crippen LogP contribution in [-0.4, -0.2) is 26.7 Å². The van der Waals surface area contributed by atoms with Crippen LogP contribution in [0.5, 0.6) is 0 Å². The zero-order chi connectivity index (χ0) is 19.4. The van der Waals surface area contributed by atoms with Crippen LogP contribution >= 0.6 is 11.6 Å². The van der Waals surface area contributed by atoms with Crippen LogP contribution in [0.25, 0.3) is 21.6 Å². The fourth-order valence-electron chi connectivity index (χ4n) is 3.34. The van der Waals surface area contributed by atoms with Gasteiger partial charge in [0.05, 0.1) is 34.4 Å². The second-order valence-corrected chi connectivity index (χ2v) is 7.59. The van der Waals surface area contributed by atoms with Crippen LogP contribution in [0.2, 0.25) is 5.02 Å². The number of fused-ring (bicyclic) bond motifs is 1. The van der Waals surface area contributed by atoms with E-state index in [0.29, 0.717) is 39.5 Å². The molecule has 1 N–H and O–H groups in total. The Morgan fingerprint density at radius 2 is 2.04 bits per heavy atom. The van der Waals surface area contributed by atoms with Crippen LogP contribution in [-0.2, 0) is 0 Å². The number of halogens is 2. The molecular formula is C20H15ClFN5O. The summed E-state index contributed by atoms with van der Waals surface area (Å²) in [4.78, 5) is 25.4. The number of hydrogen-bond acceptors (Lipinski definition) is 4. The minimum Gasteiger partial charge on any atom is -0.364 e. The minimum atomic E-state index is -0.957. The minimum absolute atomic E-state index is 0.228. The molecule has 0 saturated heterocycles. The van der Waals surface area contributed by atoms with Gasteiger partial charge in [-0.05, 0) is 37.0 Å². The van der Waals surface area contributed by atoms with E-state index in [1.807, 2.05) is 0 Å². The fraction of sp³-hybridized carbons (Fsp3) is 0.300. The lowest BCUT2D eigenvalue weighted by Gasteiger charge is -2.15. The highest BCUT2D eigenvalue weighted by Gasteiger charge is 2.38. The molecule has 0 unspecified atom stereocenters. The van der Waals surface area contributed by atoms with Gasteiger partial charge in [-0.1, -0.05) is 23.7 Å². The molecule has 2 heterocycles. The molecule has 3 aromatic rings. The lowest BCUT2D eigenvalue weighted by molar-refractivity contribution is 0.472. The van der Waals surface area contributed by atoms with E-state index in [0.717, 1.165) is 12.8 Å². The van der Waals surface area contributed by atoms with E-state index in [2.05, 4.69) is 15.1 Å². The maximum Gasteiger partial charge on any atom is 0.355 e. The van der Waals surface area contributed by atoms with E-state index in [1.54, 1.807) is 30.3 Å². The number of hydrogen-bond donors (Lipinski definition) is 1. The normalized spacial score (nSPS) is 20.8. The zero-order valence-electron chi connectivity index (χ0n) is 14.7. The lowest BCUT2D eigenvalue weighted by atomic mass is 10.1. The Hall–Kier alpha value is -2.98. The number of para-hydroxylation sites is 1. The zero-order valence-corrected chi connectivity index (χ0v) is 15.4. The smallest absolute Gasteiger partial charge is 0.355 e. The molecule has 0 amide bonds. The molecule has 2 saturated carbocycles. The molecule has 8 heteroatoms. The van der Waals surface area contributed by atoms with Crippen LogP contribution in [0.4, 0.5) is 15.9 Å². The van der Waals surface area contributed by atoms with Gasteiger partial charge in [0, 0.05) is 6.42 Å². The first-order valence-electron chi connectivity index (χ1n) is 9.07. The third-order valence-electron chi connectivity index (χ3n) is 5.09. The van der Waals surface area contributed by atoms with E-state index in [9.17, 15) is 9.18 Å². The topological polar surface area (TPSA) is 64.2 Å². The predicted octanol–water partition coefficient (Wildman–Crippen LogP) is 4.38. The Morgan fingerprint density at radius 1 is 1.29 bits per heavy atom. The first-order valence-corrected chi connectivity index (χ1v) is 9.45. The maximum atomic E-state index is 13.4. The number of benzene rings is 1. The Balaban J connectivity index is 1.82. The number of pyridine rings is 1. The second-order valence-electron chi connectivity index (χ2n) is 7.18. The largest absolute Gasteiger partial charge is 0.364 e. The Kier molecular flexibility index (Phi) is 3.84. The summed E-state index contributed by atoms with van der Waals surface area (Å²) in [6, 6.07) is 8.29. The van der Waals surface area contributed by atoms with Crippen molar-refractivity contribution in [1.82, 2.24) is 14.5 Å². The molecule has 2 aliphatic carbocycles. The predicted molar refractivity (Wildman–Crippen MR) is 105 cm³/mol. The molecule has 2 aliphatic rings. The van der Waals surface area contributed by atoms with Crippen molar-refractivity contribution < 1.29 is 4.39 Å². The van der Waals surface area contributed by atoms with Crippen molar-refractivity contribution in [3.63, 3.8) is 0 Å². The summed E-state index contributed by atoms with van der Waals surface area (Å²) in [7, 11) is 0. The van der Waals surface area contributed by atoms with Gasteiger partial charge in [-0.25, -0.2) is 23.6 Å².